The molecule has 18 heavy (non-hydrogen) atoms. The van der Waals surface area contributed by atoms with E-state index in [1.807, 2.05) is 0 Å². The van der Waals surface area contributed by atoms with Gasteiger partial charge in [0.25, 0.3) is 0 Å². The Morgan fingerprint density at radius 2 is 2.00 bits per heavy atom. The number of benzene rings is 1. The van der Waals surface area contributed by atoms with Gasteiger partial charge in [-0.15, -0.1) is 13.2 Å². The van der Waals surface area contributed by atoms with Crippen molar-refractivity contribution in [2.45, 2.75) is 12.5 Å². The lowest BCUT2D eigenvalue weighted by Gasteiger charge is -2.17. The van der Waals surface area contributed by atoms with Crippen LogP contribution >= 0.6 is 11.6 Å². The van der Waals surface area contributed by atoms with E-state index in [9.17, 15) is 23.1 Å². The first kappa shape index (κ1) is 14.4. The molecule has 1 unspecified atom stereocenters. The quantitative estimate of drug-likeness (QED) is 0.738. The minimum absolute atomic E-state index is 0.166. The van der Waals surface area contributed by atoms with Crippen LogP contribution in [0.1, 0.15) is 11.7 Å². The number of anilines is 1. The molecule has 0 amide bonds. The number of aliphatic carboxylic acids is 1. The molecule has 4 N–H and O–H groups in total. The van der Waals surface area contributed by atoms with Crippen molar-refractivity contribution in [1.29, 1.82) is 0 Å². The zero-order valence-electron chi connectivity index (χ0n) is 8.53. The normalized spacial score (nSPS) is 13.2. The van der Waals surface area contributed by atoms with Gasteiger partial charge in [0.1, 0.15) is 5.75 Å². The summed E-state index contributed by atoms with van der Waals surface area (Å²) in [6.45, 7) is 0. The maximum atomic E-state index is 12.1. The summed E-state index contributed by atoms with van der Waals surface area (Å²) in [5.74, 6) is -2.73. The molecule has 1 aromatic carbocycles. The second kappa shape index (κ2) is 4.91. The second-order valence-electron chi connectivity index (χ2n) is 3.20. The topological polar surface area (TPSA) is 92.8 Å². The summed E-state index contributed by atoms with van der Waals surface area (Å²) in [6.07, 6.45) is -7.32. The highest BCUT2D eigenvalue weighted by Gasteiger charge is 2.35. The molecule has 0 saturated carbocycles. The van der Waals surface area contributed by atoms with Gasteiger partial charge in [0, 0.05) is 11.8 Å². The van der Waals surface area contributed by atoms with Crippen LogP contribution in [0, 0.1) is 0 Å². The summed E-state index contributed by atoms with van der Waals surface area (Å²) in [7, 11) is 0. The van der Waals surface area contributed by atoms with Gasteiger partial charge >= 0.3 is 12.3 Å². The van der Waals surface area contributed by atoms with Crippen molar-refractivity contribution in [2.75, 3.05) is 5.73 Å². The maximum absolute atomic E-state index is 12.1. The molecule has 0 fully saturated rings. The number of nitrogen functional groups attached to an aromatic ring is 1. The number of rotatable bonds is 3. The van der Waals surface area contributed by atoms with Crippen molar-refractivity contribution in [3.8, 4) is 5.75 Å². The monoisotopic (exact) mass is 285 g/mol. The Balaban J connectivity index is 3.34. The number of nitrogens with two attached hydrogens (primary N) is 1. The number of hydrogen-bond acceptors (Lipinski definition) is 4. The summed E-state index contributed by atoms with van der Waals surface area (Å²) in [6, 6.07) is 1.73. The van der Waals surface area contributed by atoms with Gasteiger partial charge in [-0.3, -0.25) is 0 Å². The molecular formula is C9H7ClF3NO4. The van der Waals surface area contributed by atoms with Crippen LogP contribution in [0.5, 0.6) is 5.75 Å². The Morgan fingerprint density at radius 3 is 2.44 bits per heavy atom. The van der Waals surface area contributed by atoms with Gasteiger partial charge in [0.15, 0.2) is 6.10 Å². The first-order chi connectivity index (χ1) is 8.11. The highest BCUT2D eigenvalue weighted by Crippen LogP contribution is 2.37. The van der Waals surface area contributed by atoms with E-state index in [0.29, 0.717) is 0 Å². The molecule has 0 aliphatic carbocycles. The Labute approximate surface area is 104 Å². The molecule has 5 nitrogen and oxygen atoms in total. The van der Waals surface area contributed by atoms with Crippen molar-refractivity contribution >= 4 is 23.3 Å². The largest absolute Gasteiger partial charge is 0.573 e. The molecule has 0 bridgehead atoms. The van der Waals surface area contributed by atoms with Crippen molar-refractivity contribution in [2.24, 2.45) is 0 Å². The third-order valence-corrected chi connectivity index (χ3v) is 2.16. The number of carboxylic acid groups (broad SMARTS) is 1. The van der Waals surface area contributed by atoms with Crippen LogP contribution in [0.15, 0.2) is 12.1 Å². The standard InChI is InChI=1S/C9H7ClF3NO4/c10-4-1-3(14)2-5(18-9(11,12)13)6(4)7(15)8(16)17/h1-2,7,15H,14H2,(H,16,17). The molecule has 100 valence electrons. The molecule has 0 heterocycles. The lowest BCUT2D eigenvalue weighted by Crippen LogP contribution is -2.20. The highest BCUT2D eigenvalue weighted by molar-refractivity contribution is 6.32. The molecule has 1 rings (SSSR count). The van der Waals surface area contributed by atoms with Gasteiger partial charge in [-0.05, 0) is 6.07 Å². The van der Waals surface area contributed by atoms with E-state index in [2.05, 4.69) is 4.74 Å². The summed E-state index contributed by atoms with van der Waals surface area (Å²) in [5.41, 5.74) is 4.38. The van der Waals surface area contributed by atoms with Crippen molar-refractivity contribution in [3.05, 3.63) is 22.7 Å². The molecule has 9 heteroatoms. The predicted molar refractivity (Wildman–Crippen MR) is 55.1 cm³/mol. The first-order valence-electron chi connectivity index (χ1n) is 4.37. The zero-order valence-corrected chi connectivity index (χ0v) is 9.29. The van der Waals surface area contributed by atoms with E-state index in [1.165, 1.54) is 0 Å². The summed E-state index contributed by atoms with van der Waals surface area (Å²) in [5, 5.41) is 17.4. The van der Waals surface area contributed by atoms with E-state index in [4.69, 9.17) is 22.4 Å². The zero-order chi connectivity index (χ0) is 14.1. The van der Waals surface area contributed by atoms with E-state index >= 15 is 0 Å². The third-order valence-electron chi connectivity index (χ3n) is 1.85. The fourth-order valence-corrected chi connectivity index (χ4v) is 1.53. The van der Waals surface area contributed by atoms with Crippen LogP contribution in [-0.2, 0) is 4.79 Å². The number of aliphatic hydroxyl groups is 1. The fourth-order valence-electron chi connectivity index (χ4n) is 1.21. The van der Waals surface area contributed by atoms with Crippen molar-refractivity contribution < 1.29 is 32.9 Å². The van der Waals surface area contributed by atoms with Crippen LogP contribution < -0.4 is 10.5 Å². The van der Waals surface area contributed by atoms with E-state index < -0.39 is 34.8 Å². The SMILES string of the molecule is Nc1cc(Cl)c(C(O)C(=O)O)c(OC(F)(F)F)c1. The Kier molecular flexibility index (Phi) is 3.92. The number of ether oxygens (including phenoxy) is 1. The number of alkyl halides is 3. The summed E-state index contributed by atoms with van der Waals surface area (Å²) < 4.78 is 39.9. The summed E-state index contributed by atoms with van der Waals surface area (Å²) >= 11 is 5.55. The average molecular weight is 286 g/mol. The van der Waals surface area contributed by atoms with Crippen LogP contribution in [-0.4, -0.2) is 22.5 Å². The van der Waals surface area contributed by atoms with Gasteiger partial charge < -0.3 is 20.7 Å². The van der Waals surface area contributed by atoms with Crippen LogP contribution in [0.2, 0.25) is 5.02 Å². The Bertz CT molecular complexity index is 478. The maximum Gasteiger partial charge on any atom is 0.573 e. The molecule has 0 aliphatic rings. The van der Waals surface area contributed by atoms with Gasteiger partial charge in [-0.1, -0.05) is 11.6 Å². The van der Waals surface area contributed by atoms with Crippen LogP contribution in [0.3, 0.4) is 0 Å². The number of halogens is 4. The van der Waals surface area contributed by atoms with Crippen molar-refractivity contribution in [1.82, 2.24) is 0 Å². The Hall–Kier alpha value is -1.67. The number of hydrogen-bond donors (Lipinski definition) is 3. The minimum atomic E-state index is -5.07. The fraction of sp³-hybridized carbons (Fsp3) is 0.222. The molecule has 0 saturated heterocycles. The van der Waals surface area contributed by atoms with Crippen molar-refractivity contribution in [3.63, 3.8) is 0 Å². The second-order valence-corrected chi connectivity index (χ2v) is 3.61. The van der Waals surface area contributed by atoms with Crippen LogP contribution in [0.4, 0.5) is 18.9 Å². The smallest absolute Gasteiger partial charge is 0.479 e. The molecular weight excluding hydrogens is 279 g/mol. The molecule has 0 radical (unpaired) electrons. The number of carboxylic acids is 1. The van der Waals surface area contributed by atoms with Gasteiger partial charge in [-0.25, -0.2) is 4.79 Å². The van der Waals surface area contributed by atoms with Gasteiger partial charge in [0.2, 0.25) is 0 Å². The minimum Gasteiger partial charge on any atom is -0.479 e. The van der Waals surface area contributed by atoms with E-state index in [0.717, 1.165) is 12.1 Å². The number of aliphatic hydroxyl groups excluding tert-OH is 1. The van der Waals surface area contributed by atoms with E-state index in [-0.39, 0.29) is 5.69 Å². The molecule has 0 spiro atoms. The lowest BCUT2D eigenvalue weighted by molar-refractivity contribution is -0.275. The van der Waals surface area contributed by atoms with Crippen LogP contribution in [0.25, 0.3) is 0 Å². The Morgan fingerprint density at radius 1 is 1.44 bits per heavy atom. The molecule has 0 aromatic heterocycles. The molecule has 1 atom stereocenters. The van der Waals surface area contributed by atoms with Gasteiger partial charge in [0.05, 0.1) is 10.6 Å². The molecule has 0 aliphatic heterocycles. The number of carbonyl (C=O) groups is 1. The predicted octanol–water partition coefficient (Wildman–Crippen LogP) is 1.94. The van der Waals surface area contributed by atoms with Gasteiger partial charge in [-0.2, -0.15) is 0 Å². The molecule has 1 aromatic rings. The highest BCUT2D eigenvalue weighted by atomic mass is 35.5. The average Bonchev–Trinajstić information content (AvgIpc) is 2.12. The van der Waals surface area contributed by atoms with E-state index in [1.54, 1.807) is 0 Å². The lowest BCUT2D eigenvalue weighted by atomic mass is 10.1. The summed E-state index contributed by atoms with van der Waals surface area (Å²) in [4.78, 5) is 10.6. The first-order valence-corrected chi connectivity index (χ1v) is 4.75. The third kappa shape index (κ3) is 3.41.